The summed E-state index contributed by atoms with van der Waals surface area (Å²) in [7, 11) is 4.36. The van der Waals surface area contributed by atoms with Crippen molar-refractivity contribution in [3.63, 3.8) is 0 Å². The molecule has 3 aliphatic heterocycles. The van der Waals surface area contributed by atoms with Crippen LogP contribution in [0.15, 0.2) is 54.4 Å². The standard InChI is InChI=1S/C20H24N3O2P/c1-21-9-11-22(12-10-21)16-5-8-20-23(14-16)19(24)13-18(26-20)15-3-6-17(25-2)7-4-15/h3-8,13-14,20,26H,9-12H2,1-2H3. The molecule has 0 radical (unpaired) electrons. The maximum atomic E-state index is 12.7. The van der Waals surface area contributed by atoms with Crippen LogP contribution in [0.3, 0.4) is 0 Å². The number of piperazine rings is 1. The molecule has 1 aromatic rings. The van der Waals surface area contributed by atoms with Gasteiger partial charge in [0.05, 0.1) is 18.6 Å². The van der Waals surface area contributed by atoms with Crippen LogP contribution in [0.5, 0.6) is 5.75 Å². The van der Waals surface area contributed by atoms with E-state index in [1.807, 2.05) is 35.4 Å². The Balaban J connectivity index is 1.52. The lowest BCUT2D eigenvalue weighted by Gasteiger charge is -2.39. The van der Waals surface area contributed by atoms with Gasteiger partial charge in [0.15, 0.2) is 0 Å². The van der Waals surface area contributed by atoms with Gasteiger partial charge in [-0.3, -0.25) is 4.79 Å². The first-order chi connectivity index (χ1) is 12.6. The van der Waals surface area contributed by atoms with Gasteiger partial charge in [-0.25, -0.2) is 0 Å². The van der Waals surface area contributed by atoms with Gasteiger partial charge in [-0.05, 0) is 36.1 Å². The molecule has 1 amide bonds. The van der Waals surface area contributed by atoms with Crippen molar-refractivity contribution in [2.75, 3.05) is 40.3 Å². The SMILES string of the molecule is COc1ccc(C2=CC(=O)N3C=C(N4CCN(C)CC4)C=CC3P2)cc1. The van der Waals surface area contributed by atoms with E-state index in [1.54, 1.807) is 13.2 Å². The van der Waals surface area contributed by atoms with Crippen LogP contribution in [-0.2, 0) is 4.79 Å². The van der Waals surface area contributed by atoms with Gasteiger partial charge < -0.3 is 19.4 Å². The molecule has 6 heteroatoms. The number of benzene rings is 1. The van der Waals surface area contributed by atoms with Crippen molar-refractivity contribution in [1.29, 1.82) is 0 Å². The average Bonchev–Trinajstić information content (AvgIpc) is 2.68. The molecule has 1 aromatic carbocycles. The first-order valence-electron chi connectivity index (χ1n) is 8.92. The Morgan fingerprint density at radius 1 is 1.12 bits per heavy atom. The van der Waals surface area contributed by atoms with Gasteiger partial charge in [0.25, 0.3) is 5.91 Å². The van der Waals surface area contributed by atoms with E-state index < -0.39 is 0 Å². The molecule has 4 rings (SSSR count). The molecular formula is C20H24N3O2P. The third-order valence-corrected chi connectivity index (χ3v) is 6.63. The Bertz CT molecular complexity index is 777. The Morgan fingerprint density at radius 2 is 1.85 bits per heavy atom. The molecule has 0 aliphatic carbocycles. The molecule has 136 valence electrons. The van der Waals surface area contributed by atoms with Crippen molar-refractivity contribution in [1.82, 2.24) is 14.7 Å². The van der Waals surface area contributed by atoms with Crippen molar-refractivity contribution in [3.05, 3.63) is 60.0 Å². The lowest BCUT2D eigenvalue weighted by atomic mass is 10.2. The van der Waals surface area contributed by atoms with E-state index in [1.165, 1.54) is 0 Å². The number of likely N-dealkylation sites (N-methyl/N-ethyl adjacent to an activating group) is 1. The van der Waals surface area contributed by atoms with E-state index in [0.717, 1.165) is 48.5 Å². The monoisotopic (exact) mass is 369 g/mol. The maximum absolute atomic E-state index is 12.7. The van der Waals surface area contributed by atoms with E-state index in [4.69, 9.17) is 4.74 Å². The van der Waals surface area contributed by atoms with Crippen LogP contribution < -0.4 is 4.74 Å². The van der Waals surface area contributed by atoms with Crippen LogP contribution in [0.2, 0.25) is 0 Å². The predicted molar refractivity (Wildman–Crippen MR) is 106 cm³/mol. The second-order valence-electron chi connectivity index (χ2n) is 6.82. The highest BCUT2D eigenvalue weighted by Gasteiger charge is 2.29. The highest BCUT2D eigenvalue weighted by Crippen LogP contribution is 2.44. The zero-order chi connectivity index (χ0) is 18.1. The fourth-order valence-electron chi connectivity index (χ4n) is 3.45. The first-order valence-corrected chi connectivity index (χ1v) is 10.0. The number of ether oxygens (including phenoxy) is 1. The summed E-state index contributed by atoms with van der Waals surface area (Å²) in [6.07, 6.45) is 8.19. The van der Waals surface area contributed by atoms with Crippen molar-refractivity contribution in [3.8, 4) is 5.75 Å². The highest BCUT2D eigenvalue weighted by atomic mass is 31.1. The van der Waals surface area contributed by atoms with E-state index in [2.05, 4.69) is 29.0 Å². The fraction of sp³-hybridized carbons (Fsp3) is 0.350. The molecule has 0 aromatic heterocycles. The summed E-state index contributed by atoms with van der Waals surface area (Å²) in [6.45, 7) is 4.14. The van der Waals surface area contributed by atoms with E-state index in [-0.39, 0.29) is 11.7 Å². The minimum atomic E-state index is 0.0653. The lowest BCUT2D eigenvalue weighted by molar-refractivity contribution is -0.123. The highest BCUT2D eigenvalue weighted by molar-refractivity contribution is 7.51. The normalized spacial score (nSPS) is 24.4. The molecule has 0 spiro atoms. The topological polar surface area (TPSA) is 36.0 Å². The first kappa shape index (κ1) is 17.3. The Hall–Kier alpha value is -2.10. The number of methoxy groups -OCH3 is 1. The number of hydrogen-bond donors (Lipinski definition) is 0. The second-order valence-corrected chi connectivity index (χ2v) is 8.24. The van der Waals surface area contributed by atoms with E-state index >= 15 is 0 Å². The molecule has 0 saturated carbocycles. The maximum Gasteiger partial charge on any atom is 0.252 e. The molecule has 2 atom stereocenters. The summed E-state index contributed by atoms with van der Waals surface area (Å²) in [5.41, 5.74) is 2.24. The van der Waals surface area contributed by atoms with Crippen molar-refractivity contribution in [2.45, 2.75) is 5.78 Å². The average molecular weight is 369 g/mol. The quantitative estimate of drug-likeness (QED) is 0.768. The molecule has 3 heterocycles. The van der Waals surface area contributed by atoms with E-state index in [0.29, 0.717) is 8.58 Å². The van der Waals surface area contributed by atoms with Gasteiger partial charge in [0, 0.05) is 38.5 Å². The minimum Gasteiger partial charge on any atom is -0.497 e. The number of amides is 1. The number of carbonyl (C=O) groups excluding carboxylic acids is 1. The molecular weight excluding hydrogens is 345 g/mol. The van der Waals surface area contributed by atoms with Crippen LogP contribution in [0.4, 0.5) is 0 Å². The Labute approximate surface area is 156 Å². The van der Waals surface area contributed by atoms with Crippen LogP contribution >= 0.6 is 8.58 Å². The van der Waals surface area contributed by atoms with Gasteiger partial charge in [0.2, 0.25) is 0 Å². The number of rotatable bonds is 3. The summed E-state index contributed by atoms with van der Waals surface area (Å²) in [5.74, 6) is 1.02. The summed E-state index contributed by atoms with van der Waals surface area (Å²) < 4.78 is 5.22. The zero-order valence-electron chi connectivity index (χ0n) is 15.2. The molecule has 0 N–H and O–H groups in total. The molecule has 26 heavy (non-hydrogen) atoms. The zero-order valence-corrected chi connectivity index (χ0v) is 16.2. The van der Waals surface area contributed by atoms with Gasteiger partial charge in [-0.2, -0.15) is 0 Å². The molecule has 1 fully saturated rings. The largest absolute Gasteiger partial charge is 0.497 e. The summed E-state index contributed by atoms with van der Waals surface area (Å²) >= 11 is 0. The second kappa shape index (κ2) is 7.26. The number of nitrogens with zero attached hydrogens (tertiary/aromatic N) is 3. The third-order valence-electron chi connectivity index (χ3n) is 5.12. The Kier molecular flexibility index (Phi) is 4.84. The van der Waals surface area contributed by atoms with Crippen molar-refractivity contribution < 1.29 is 9.53 Å². The summed E-state index contributed by atoms with van der Waals surface area (Å²) in [5, 5.41) is 1.11. The summed E-state index contributed by atoms with van der Waals surface area (Å²) in [6, 6.07) is 7.94. The molecule has 3 aliphatic rings. The molecule has 1 saturated heterocycles. The predicted octanol–water partition coefficient (Wildman–Crippen LogP) is 2.54. The van der Waals surface area contributed by atoms with E-state index in [9.17, 15) is 4.79 Å². The molecule has 0 bridgehead atoms. The van der Waals surface area contributed by atoms with Gasteiger partial charge in [-0.1, -0.05) is 26.8 Å². The smallest absolute Gasteiger partial charge is 0.252 e. The van der Waals surface area contributed by atoms with Gasteiger partial charge in [0.1, 0.15) is 5.75 Å². The fourth-order valence-corrected chi connectivity index (χ4v) is 4.85. The number of hydrogen-bond acceptors (Lipinski definition) is 4. The number of carbonyl (C=O) groups is 1. The lowest BCUT2D eigenvalue weighted by Crippen LogP contribution is -2.45. The number of fused-ring (bicyclic) bond motifs is 1. The molecule has 2 unspecified atom stereocenters. The van der Waals surface area contributed by atoms with Gasteiger partial charge >= 0.3 is 0 Å². The van der Waals surface area contributed by atoms with Crippen molar-refractivity contribution >= 4 is 19.8 Å². The van der Waals surface area contributed by atoms with Crippen LogP contribution in [-0.4, -0.2) is 66.7 Å². The molecule has 5 nitrogen and oxygen atoms in total. The number of allylic oxidation sites excluding steroid dienone is 1. The van der Waals surface area contributed by atoms with Crippen LogP contribution in [0.25, 0.3) is 5.31 Å². The summed E-state index contributed by atoms with van der Waals surface area (Å²) in [4.78, 5) is 19.3. The van der Waals surface area contributed by atoms with Crippen LogP contribution in [0.1, 0.15) is 5.56 Å². The van der Waals surface area contributed by atoms with Gasteiger partial charge in [-0.15, -0.1) is 0 Å². The minimum absolute atomic E-state index is 0.0653. The van der Waals surface area contributed by atoms with Crippen molar-refractivity contribution in [2.24, 2.45) is 0 Å². The van der Waals surface area contributed by atoms with Crippen LogP contribution in [0, 0.1) is 0 Å². The third kappa shape index (κ3) is 3.42. The Morgan fingerprint density at radius 3 is 2.54 bits per heavy atom.